The van der Waals surface area contributed by atoms with Crippen molar-refractivity contribution in [1.29, 1.82) is 0 Å². The van der Waals surface area contributed by atoms with E-state index in [0.29, 0.717) is 19.7 Å². The van der Waals surface area contributed by atoms with Gasteiger partial charge in [-0.1, -0.05) is 48.5 Å². The molecule has 0 radical (unpaired) electrons. The van der Waals surface area contributed by atoms with Gasteiger partial charge in [0.05, 0.1) is 6.54 Å². The molecule has 0 heterocycles. The van der Waals surface area contributed by atoms with Crippen LogP contribution >= 0.6 is 24.0 Å². The van der Waals surface area contributed by atoms with Crippen LogP contribution < -0.4 is 15.4 Å². The lowest BCUT2D eigenvalue weighted by Crippen LogP contribution is -2.37. The summed E-state index contributed by atoms with van der Waals surface area (Å²) in [6.07, 6.45) is 1.81. The second-order valence-electron chi connectivity index (χ2n) is 5.28. The second kappa shape index (κ2) is 12.4. The molecule has 5 heteroatoms. The van der Waals surface area contributed by atoms with Crippen LogP contribution in [0.2, 0.25) is 0 Å². The van der Waals surface area contributed by atoms with Crippen molar-refractivity contribution in [1.82, 2.24) is 10.6 Å². The molecule has 2 aromatic rings. The van der Waals surface area contributed by atoms with Crippen LogP contribution in [0.1, 0.15) is 18.1 Å². The topological polar surface area (TPSA) is 45.7 Å². The van der Waals surface area contributed by atoms with Gasteiger partial charge in [0.25, 0.3) is 0 Å². The Morgan fingerprint density at radius 1 is 1.04 bits per heavy atom. The number of hydrogen-bond acceptors (Lipinski definition) is 2. The Bertz CT molecular complexity index is 642. The zero-order chi connectivity index (χ0) is 17.0. The number of aliphatic imine (C=N–C) groups is 1. The first-order valence-electron chi connectivity index (χ1n) is 8.20. The number of nitrogens with zero attached hydrogens (tertiary/aromatic N) is 1. The minimum Gasteiger partial charge on any atom is -0.489 e. The largest absolute Gasteiger partial charge is 0.489 e. The van der Waals surface area contributed by atoms with E-state index in [4.69, 9.17) is 4.74 Å². The van der Waals surface area contributed by atoms with E-state index in [-0.39, 0.29) is 24.0 Å². The molecule has 0 aromatic heterocycles. The third kappa shape index (κ3) is 8.07. The molecule has 2 rings (SSSR count). The summed E-state index contributed by atoms with van der Waals surface area (Å²) >= 11 is 0. The van der Waals surface area contributed by atoms with Gasteiger partial charge in [0.15, 0.2) is 5.96 Å². The zero-order valence-corrected chi connectivity index (χ0v) is 16.9. The second-order valence-corrected chi connectivity index (χ2v) is 5.28. The van der Waals surface area contributed by atoms with Crippen LogP contribution in [-0.4, -0.2) is 19.0 Å². The molecule has 0 aliphatic carbocycles. The van der Waals surface area contributed by atoms with Gasteiger partial charge in [-0.15, -0.1) is 30.6 Å². The fourth-order valence-corrected chi connectivity index (χ4v) is 2.11. The predicted octanol–water partition coefficient (Wildman–Crippen LogP) is 4.12. The molecule has 0 atom stereocenters. The van der Waals surface area contributed by atoms with Crippen molar-refractivity contribution in [2.45, 2.75) is 20.1 Å². The van der Waals surface area contributed by atoms with Crippen LogP contribution in [0.3, 0.4) is 0 Å². The fourth-order valence-electron chi connectivity index (χ4n) is 2.11. The Labute approximate surface area is 167 Å². The van der Waals surface area contributed by atoms with Gasteiger partial charge in [-0.2, -0.15) is 0 Å². The Balaban J connectivity index is 0.00000312. The molecule has 0 aliphatic heterocycles. The van der Waals surface area contributed by atoms with E-state index in [0.717, 1.165) is 29.4 Å². The Kier molecular flexibility index (Phi) is 10.4. The molecule has 0 bridgehead atoms. The molecule has 0 fully saturated rings. The van der Waals surface area contributed by atoms with Crippen LogP contribution in [0.15, 0.2) is 72.2 Å². The van der Waals surface area contributed by atoms with Crippen molar-refractivity contribution in [3.8, 4) is 5.75 Å². The molecule has 0 amide bonds. The third-order valence-corrected chi connectivity index (χ3v) is 3.35. The zero-order valence-electron chi connectivity index (χ0n) is 14.6. The average molecular weight is 451 g/mol. The van der Waals surface area contributed by atoms with Crippen LogP contribution in [0.25, 0.3) is 0 Å². The number of guanidine groups is 1. The molecule has 0 unspecified atom stereocenters. The minimum absolute atomic E-state index is 0. The van der Waals surface area contributed by atoms with Crippen molar-refractivity contribution < 1.29 is 4.74 Å². The summed E-state index contributed by atoms with van der Waals surface area (Å²) in [5, 5.41) is 6.39. The standard InChI is InChI=1S/C20H25N3O.HI/c1-3-14-22-20(21-4-2)23-15-17-10-12-19(13-11-17)24-16-18-8-6-5-7-9-18;/h3,5-13H,1,4,14-16H2,2H3,(H2,21,22,23);1H. The van der Waals surface area contributed by atoms with E-state index in [9.17, 15) is 0 Å². The highest BCUT2D eigenvalue weighted by Gasteiger charge is 1.98. The van der Waals surface area contributed by atoms with E-state index >= 15 is 0 Å². The lowest BCUT2D eigenvalue weighted by molar-refractivity contribution is 0.306. The highest BCUT2D eigenvalue weighted by atomic mass is 127. The number of benzene rings is 2. The molecule has 2 aromatic carbocycles. The molecule has 0 saturated carbocycles. The first kappa shape index (κ1) is 21.0. The van der Waals surface area contributed by atoms with Crippen molar-refractivity contribution >= 4 is 29.9 Å². The van der Waals surface area contributed by atoms with Gasteiger partial charge >= 0.3 is 0 Å². The summed E-state index contributed by atoms with van der Waals surface area (Å²) < 4.78 is 5.79. The van der Waals surface area contributed by atoms with Crippen molar-refractivity contribution in [3.05, 3.63) is 78.4 Å². The summed E-state index contributed by atoms with van der Waals surface area (Å²) in [5.74, 6) is 1.66. The van der Waals surface area contributed by atoms with Gasteiger partial charge in [0, 0.05) is 13.1 Å². The van der Waals surface area contributed by atoms with Crippen LogP contribution in [-0.2, 0) is 13.2 Å². The molecule has 134 valence electrons. The van der Waals surface area contributed by atoms with Gasteiger partial charge in [0.2, 0.25) is 0 Å². The lowest BCUT2D eigenvalue weighted by atomic mass is 10.2. The predicted molar refractivity (Wildman–Crippen MR) is 116 cm³/mol. The summed E-state index contributed by atoms with van der Waals surface area (Å²) in [6.45, 7) is 8.46. The highest BCUT2D eigenvalue weighted by molar-refractivity contribution is 14.0. The molecule has 0 aliphatic rings. The average Bonchev–Trinajstić information content (AvgIpc) is 2.64. The summed E-state index contributed by atoms with van der Waals surface area (Å²) in [7, 11) is 0. The molecule has 0 spiro atoms. The van der Waals surface area contributed by atoms with Crippen LogP contribution in [0, 0.1) is 0 Å². The van der Waals surface area contributed by atoms with Crippen LogP contribution in [0.4, 0.5) is 0 Å². The summed E-state index contributed by atoms with van der Waals surface area (Å²) in [4.78, 5) is 4.55. The minimum atomic E-state index is 0. The lowest BCUT2D eigenvalue weighted by Gasteiger charge is -2.10. The van der Waals surface area contributed by atoms with Crippen molar-refractivity contribution in [2.75, 3.05) is 13.1 Å². The molecule has 0 saturated heterocycles. The first-order chi connectivity index (χ1) is 11.8. The molecule has 2 N–H and O–H groups in total. The number of ether oxygens (including phenoxy) is 1. The Hall–Kier alpha value is -2.02. The maximum absolute atomic E-state index is 5.79. The van der Waals surface area contributed by atoms with E-state index in [1.165, 1.54) is 0 Å². The quantitative estimate of drug-likeness (QED) is 0.275. The number of nitrogens with one attached hydrogen (secondary N) is 2. The fraction of sp³-hybridized carbons (Fsp3) is 0.250. The SMILES string of the molecule is C=CCNC(=NCc1ccc(OCc2ccccc2)cc1)NCC.I. The van der Waals surface area contributed by atoms with E-state index in [1.807, 2.05) is 55.5 Å². The molecular formula is C20H26IN3O. The number of halogens is 1. The van der Waals surface area contributed by atoms with Crippen molar-refractivity contribution in [2.24, 2.45) is 4.99 Å². The monoisotopic (exact) mass is 451 g/mol. The Morgan fingerprint density at radius 2 is 1.76 bits per heavy atom. The van der Waals surface area contributed by atoms with Gasteiger partial charge in [-0.25, -0.2) is 4.99 Å². The summed E-state index contributed by atoms with van der Waals surface area (Å²) in [6, 6.07) is 18.2. The van der Waals surface area contributed by atoms with Gasteiger partial charge < -0.3 is 15.4 Å². The Morgan fingerprint density at radius 3 is 2.40 bits per heavy atom. The number of rotatable bonds is 8. The highest BCUT2D eigenvalue weighted by Crippen LogP contribution is 2.14. The van der Waals surface area contributed by atoms with E-state index < -0.39 is 0 Å². The maximum atomic E-state index is 5.79. The maximum Gasteiger partial charge on any atom is 0.191 e. The van der Waals surface area contributed by atoms with Gasteiger partial charge in [-0.05, 0) is 30.2 Å². The summed E-state index contributed by atoms with van der Waals surface area (Å²) in [5.41, 5.74) is 2.30. The molecule has 25 heavy (non-hydrogen) atoms. The molecule has 4 nitrogen and oxygen atoms in total. The first-order valence-corrected chi connectivity index (χ1v) is 8.20. The number of hydrogen-bond donors (Lipinski definition) is 2. The van der Waals surface area contributed by atoms with Crippen LogP contribution in [0.5, 0.6) is 5.75 Å². The van der Waals surface area contributed by atoms with E-state index in [1.54, 1.807) is 0 Å². The van der Waals surface area contributed by atoms with Gasteiger partial charge in [0.1, 0.15) is 12.4 Å². The van der Waals surface area contributed by atoms with Crippen molar-refractivity contribution in [3.63, 3.8) is 0 Å². The smallest absolute Gasteiger partial charge is 0.191 e. The normalized spacial score (nSPS) is 10.5. The van der Waals surface area contributed by atoms with Gasteiger partial charge in [-0.3, -0.25) is 0 Å². The molecular weight excluding hydrogens is 425 g/mol. The third-order valence-electron chi connectivity index (χ3n) is 3.35. The van der Waals surface area contributed by atoms with E-state index in [2.05, 4.69) is 34.3 Å².